The highest BCUT2D eigenvalue weighted by molar-refractivity contribution is 6.02. The van der Waals surface area contributed by atoms with Crippen molar-refractivity contribution in [3.8, 4) is 0 Å². The fourth-order valence-electron chi connectivity index (χ4n) is 2.31. The number of ether oxygens (including phenoxy) is 1. The SMILES string of the molecule is CC1=CC(=O)N(c2ccccc2)C(c2ccccc2)O1. The van der Waals surface area contributed by atoms with Crippen LogP contribution >= 0.6 is 0 Å². The Kier molecular flexibility index (Phi) is 3.25. The molecule has 1 amide bonds. The minimum Gasteiger partial charge on any atom is -0.470 e. The molecule has 0 saturated heterocycles. The van der Waals surface area contributed by atoms with E-state index in [1.165, 1.54) is 6.08 Å². The fraction of sp³-hybridized carbons (Fsp3) is 0.118. The van der Waals surface area contributed by atoms with Crippen molar-refractivity contribution in [2.75, 3.05) is 4.90 Å². The molecule has 0 saturated carbocycles. The average Bonchev–Trinajstić information content (AvgIpc) is 2.48. The minimum absolute atomic E-state index is 0.0613. The number of nitrogens with zero attached hydrogens (tertiary/aromatic N) is 1. The van der Waals surface area contributed by atoms with E-state index in [1.807, 2.05) is 60.7 Å². The normalized spacial score (nSPS) is 18.4. The molecule has 0 radical (unpaired) electrons. The van der Waals surface area contributed by atoms with Crippen molar-refractivity contribution >= 4 is 11.6 Å². The van der Waals surface area contributed by atoms with Gasteiger partial charge in [0, 0.05) is 17.3 Å². The predicted molar refractivity (Wildman–Crippen MR) is 78.0 cm³/mol. The van der Waals surface area contributed by atoms with Gasteiger partial charge in [-0.2, -0.15) is 0 Å². The van der Waals surface area contributed by atoms with Crippen LogP contribution in [0.1, 0.15) is 18.7 Å². The molecule has 1 heterocycles. The number of amides is 1. The van der Waals surface area contributed by atoms with Gasteiger partial charge in [-0.1, -0.05) is 48.5 Å². The van der Waals surface area contributed by atoms with E-state index in [0.29, 0.717) is 5.76 Å². The summed E-state index contributed by atoms with van der Waals surface area (Å²) in [5, 5.41) is 0. The monoisotopic (exact) mass is 265 g/mol. The molecule has 2 aromatic carbocycles. The van der Waals surface area contributed by atoms with Gasteiger partial charge < -0.3 is 4.74 Å². The molecule has 1 aliphatic rings. The molecule has 3 rings (SSSR count). The lowest BCUT2D eigenvalue weighted by Gasteiger charge is -2.35. The van der Waals surface area contributed by atoms with E-state index in [9.17, 15) is 4.79 Å². The third-order valence-electron chi connectivity index (χ3n) is 3.22. The van der Waals surface area contributed by atoms with Crippen molar-refractivity contribution in [2.45, 2.75) is 13.2 Å². The van der Waals surface area contributed by atoms with Crippen LogP contribution in [0.2, 0.25) is 0 Å². The first kappa shape index (κ1) is 12.5. The molecule has 0 fully saturated rings. The first-order valence-electron chi connectivity index (χ1n) is 6.54. The number of rotatable bonds is 2. The van der Waals surface area contributed by atoms with Crippen LogP contribution in [0.4, 0.5) is 5.69 Å². The Balaban J connectivity index is 2.06. The lowest BCUT2D eigenvalue weighted by atomic mass is 10.1. The van der Waals surface area contributed by atoms with Crippen molar-refractivity contribution in [3.63, 3.8) is 0 Å². The molecular formula is C17H15NO2. The lowest BCUT2D eigenvalue weighted by molar-refractivity contribution is -0.118. The van der Waals surface area contributed by atoms with Gasteiger partial charge in [0.05, 0.1) is 0 Å². The summed E-state index contributed by atoms with van der Waals surface area (Å²) in [7, 11) is 0. The Hall–Kier alpha value is -2.55. The topological polar surface area (TPSA) is 29.5 Å². The molecule has 20 heavy (non-hydrogen) atoms. The summed E-state index contributed by atoms with van der Waals surface area (Å²) < 4.78 is 5.88. The number of allylic oxidation sites excluding steroid dienone is 1. The Morgan fingerprint density at radius 1 is 0.950 bits per heavy atom. The molecule has 0 aromatic heterocycles. The first-order chi connectivity index (χ1) is 9.75. The van der Waals surface area contributed by atoms with Gasteiger partial charge in [0.2, 0.25) is 6.23 Å². The van der Waals surface area contributed by atoms with E-state index in [1.54, 1.807) is 11.8 Å². The van der Waals surface area contributed by atoms with Gasteiger partial charge in [-0.05, 0) is 19.1 Å². The van der Waals surface area contributed by atoms with Gasteiger partial charge in [-0.25, -0.2) is 0 Å². The Morgan fingerprint density at radius 2 is 1.55 bits per heavy atom. The van der Waals surface area contributed by atoms with Crippen molar-refractivity contribution in [1.29, 1.82) is 0 Å². The third kappa shape index (κ3) is 2.30. The summed E-state index contributed by atoms with van der Waals surface area (Å²) in [6.07, 6.45) is 1.10. The Morgan fingerprint density at radius 3 is 2.20 bits per heavy atom. The maximum Gasteiger partial charge on any atom is 0.257 e. The van der Waals surface area contributed by atoms with E-state index in [4.69, 9.17) is 4.74 Å². The van der Waals surface area contributed by atoms with Gasteiger partial charge in [-0.15, -0.1) is 0 Å². The molecule has 3 nitrogen and oxygen atoms in total. The van der Waals surface area contributed by atoms with Crippen LogP contribution in [-0.2, 0) is 9.53 Å². The van der Waals surface area contributed by atoms with Crippen LogP contribution in [0.25, 0.3) is 0 Å². The van der Waals surface area contributed by atoms with Gasteiger partial charge in [0.15, 0.2) is 0 Å². The second-order valence-electron chi connectivity index (χ2n) is 4.68. The molecule has 2 aromatic rings. The predicted octanol–water partition coefficient (Wildman–Crippen LogP) is 3.65. The first-order valence-corrected chi connectivity index (χ1v) is 6.54. The van der Waals surface area contributed by atoms with Crippen LogP contribution in [0.3, 0.4) is 0 Å². The van der Waals surface area contributed by atoms with Crippen LogP contribution in [0, 0.1) is 0 Å². The zero-order valence-corrected chi connectivity index (χ0v) is 11.2. The maximum atomic E-state index is 12.4. The fourth-order valence-corrected chi connectivity index (χ4v) is 2.31. The average molecular weight is 265 g/mol. The summed E-state index contributed by atoms with van der Waals surface area (Å²) in [4.78, 5) is 14.0. The number of benzene rings is 2. The minimum atomic E-state index is -0.420. The molecule has 0 N–H and O–H groups in total. The van der Waals surface area contributed by atoms with Gasteiger partial charge in [0.25, 0.3) is 5.91 Å². The summed E-state index contributed by atoms with van der Waals surface area (Å²) in [5.74, 6) is 0.574. The number of hydrogen-bond donors (Lipinski definition) is 0. The highest BCUT2D eigenvalue weighted by atomic mass is 16.5. The standard InChI is InChI=1S/C17H15NO2/c1-13-12-16(19)18(15-10-6-3-7-11-15)17(20-13)14-8-4-2-5-9-14/h2-12,17H,1H3. The Labute approximate surface area is 118 Å². The third-order valence-corrected chi connectivity index (χ3v) is 3.22. The smallest absolute Gasteiger partial charge is 0.257 e. The molecule has 0 spiro atoms. The largest absolute Gasteiger partial charge is 0.470 e. The number of anilines is 1. The maximum absolute atomic E-state index is 12.4. The lowest BCUT2D eigenvalue weighted by Crippen LogP contribution is -2.38. The second-order valence-corrected chi connectivity index (χ2v) is 4.68. The van der Waals surface area contributed by atoms with Gasteiger partial charge >= 0.3 is 0 Å². The van der Waals surface area contributed by atoms with E-state index in [2.05, 4.69) is 0 Å². The van der Waals surface area contributed by atoms with Crippen molar-refractivity contribution < 1.29 is 9.53 Å². The Bertz CT molecular complexity index is 635. The number of para-hydroxylation sites is 1. The summed E-state index contributed by atoms with van der Waals surface area (Å²) in [5.41, 5.74) is 1.78. The van der Waals surface area contributed by atoms with Gasteiger partial charge in [0.1, 0.15) is 5.76 Å². The zero-order chi connectivity index (χ0) is 13.9. The molecule has 0 aliphatic carbocycles. The molecule has 1 aliphatic heterocycles. The van der Waals surface area contributed by atoms with Crippen molar-refractivity contribution in [3.05, 3.63) is 78.1 Å². The highest BCUT2D eigenvalue weighted by Gasteiger charge is 2.30. The number of carbonyl (C=O) groups excluding carboxylic acids is 1. The summed E-state index contributed by atoms with van der Waals surface area (Å²) in [6, 6.07) is 19.3. The van der Waals surface area contributed by atoms with Crippen LogP contribution in [-0.4, -0.2) is 5.91 Å². The van der Waals surface area contributed by atoms with Crippen molar-refractivity contribution in [1.82, 2.24) is 0 Å². The molecule has 0 bridgehead atoms. The molecular weight excluding hydrogens is 250 g/mol. The van der Waals surface area contributed by atoms with Crippen LogP contribution in [0.5, 0.6) is 0 Å². The van der Waals surface area contributed by atoms with Crippen LogP contribution in [0.15, 0.2) is 72.5 Å². The van der Waals surface area contributed by atoms with E-state index >= 15 is 0 Å². The van der Waals surface area contributed by atoms with E-state index in [-0.39, 0.29) is 5.91 Å². The highest BCUT2D eigenvalue weighted by Crippen LogP contribution is 2.33. The molecule has 1 atom stereocenters. The van der Waals surface area contributed by atoms with E-state index < -0.39 is 6.23 Å². The van der Waals surface area contributed by atoms with Crippen LogP contribution < -0.4 is 4.90 Å². The second kappa shape index (κ2) is 5.21. The quantitative estimate of drug-likeness (QED) is 0.829. The number of hydrogen-bond acceptors (Lipinski definition) is 2. The van der Waals surface area contributed by atoms with Crippen molar-refractivity contribution in [2.24, 2.45) is 0 Å². The summed E-state index contributed by atoms with van der Waals surface area (Å²) >= 11 is 0. The molecule has 100 valence electrons. The van der Waals surface area contributed by atoms with E-state index in [0.717, 1.165) is 11.3 Å². The molecule has 1 unspecified atom stereocenters. The summed E-state index contributed by atoms with van der Waals surface area (Å²) in [6.45, 7) is 1.80. The molecule has 3 heteroatoms. The van der Waals surface area contributed by atoms with Gasteiger partial charge in [-0.3, -0.25) is 9.69 Å². The zero-order valence-electron chi connectivity index (χ0n) is 11.2. The number of carbonyl (C=O) groups is 1.